The molecule has 0 saturated carbocycles. The van der Waals surface area contributed by atoms with Crippen LogP contribution >= 0.6 is 0 Å². The summed E-state index contributed by atoms with van der Waals surface area (Å²) in [6.45, 7) is 3.92. The number of nitro benzene ring substituents is 1. The Kier molecular flexibility index (Phi) is 5.00. The van der Waals surface area contributed by atoms with Crippen LogP contribution in [-0.4, -0.2) is 30.1 Å². The Hall–Kier alpha value is -2.19. The van der Waals surface area contributed by atoms with Crippen LogP contribution in [-0.2, 0) is 4.74 Å². The summed E-state index contributed by atoms with van der Waals surface area (Å²) in [7, 11) is 1.54. The number of nitrogen functional groups attached to an aromatic ring is 1. The Labute approximate surface area is 116 Å². The molecule has 20 heavy (non-hydrogen) atoms. The Balaban J connectivity index is 2.89. The first-order valence-corrected chi connectivity index (χ1v) is 5.89. The fraction of sp³-hybridized carbons (Fsp3) is 0.417. The van der Waals surface area contributed by atoms with Gasteiger partial charge in [-0.05, 0) is 26.0 Å². The monoisotopic (exact) mass is 282 g/mol. The molecule has 0 saturated heterocycles. The maximum absolute atomic E-state index is 11.9. The minimum Gasteiger partial charge on any atom is -0.377 e. The summed E-state index contributed by atoms with van der Waals surface area (Å²) in [4.78, 5) is 22.2. The molecule has 0 bridgehead atoms. The zero-order valence-electron chi connectivity index (χ0n) is 11.6. The number of nitro groups is 1. The van der Waals surface area contributed by atoms with Gasteiger partial charge in [-0.25, -0.2) is 0 Å². The third-order valence-electron chi connectivity index (χ3n) is 2.84. The molecule has 0 unspecified atom stereocenters. The molecule has 8 heteroatoms. The first-order valence-electron chi connectivity index (χ1n) is 5.89. The first kappa shape index (κ1) is 15.9. The Morgan fingerprint density at radius 3 is 2.65 bits per heavy atom. The van der Waals surface area contributed by atoms with E-state index < -0.39 is 16.4 Å². The Morgan fingerprint density at radius 1 is 1.50 bits per heavy atom. The molecule has 0 atom stereocenters. The van der Waals surface area contributed by atoms with Crippen molar-refractivity contribution in [1.82, 2.24) is 5.32 Å². The van der Waals surface area contributed by atoms with E-state index in [1.165, 1.54) is 18.2 Å². The highest BCUT2D eigenvalue weighted by molar-refractivity contribution is 5.95. The number of hydrazine groups is 1. The normalized spacial score (nSPS) is 11.0. The summed E-state index contributed by atoms with van der Waals surface area (Å²) in [5.41, 5.74) is 1.77. The van der Waals surface area contributed by atoms with Gasteiger partial charge in [-0.1, -0.05) is 0 Å². The summed E-state index contributed by atoms with van der Waals surface area (Å²) in [5.74, 6) is 4.76. The highest BCUT2D eigenvalue weighted by atomic mass is 16.6. The average molecular weight is 282 g/mol. The predicted octanol–water partition coefficient (Wildman–Crippen LogP) is 1.04. The largest absolute Gasteiger partial charge is 0.377 e. The fourth-order valence-electron chi connectivity index (χ4n) is 1.41. The summed E-state index contributed by atoms with van der Waals surface area (Å²) >= 11 is 0. The summed E-state index contributed by atoms with van der Waals surface area (Å²) < 4.78 is 5.17. The van der Waals surface area contributed by atoms with Crippen LogP contribution in [0.5, 0.6) is 0 Å². The highest BCUT2D eigenvalue weighted by Crippen LogP contribution is 2.24. The van der Waals surface area contributed by atoms with E-state index in [1.54, 1.807) is 7.11 Å². The number of methoxy groups -OCH3 is 1. The van der Waals surface area contributed by atoms with Gasteiger partial charge >= 0.3 is 0 Å². The molecule has 0 fully saturated rings. The van der Waals surface area contributed by atoms with Gasteiger partial charge in [-0.15, -0.1) is 0 Å². The second kappa shape index (κ2) is 6.31. The number of carbonyl (C=O) groups is 1. The molecule has 0 radical (unpaired) electrons. The van der Waals surface area contributed by atoms with Crippen LogP contribution < -0.4 is 16.6 Å². The second-order valence-corrected chi connectivity index (χ2v) is 4.78. The predicted molar refractivity (Wildman–Crippen MR) is 74.3 cm³/mol. The minimum atomic E-state index is -0.606. The molecule has 0 spiro atoms. The van der Waals surface area contributed by atoms with Crippen molar-refractivity contribution >= 4 is 17.3 Å². The number of nitrogens with zero attached hydrogens (tertiary/aromatic N) is 1. The van der Waals surface area contributed by atoms with Crippen molar-refractivity contribution in [3.63, 3.8) is 0 Å². The van der Waals surface area contributed by atoms with Gasteiger partial charge in [0.05, 0.1) is 10.5 Å². The van der Waals surface area contributed by atoms with E-state index in [0.717, 1.165) is 0 Å². The lowest BCUT2D eigenvalue weighted by Gasteiger charge is -2.23. The number of benzene rings is 1. The molecule has 1 aromatic rings. The molecule has 0 aliphatic heterocycles. The van der Waals surface area contributed by atoms with Gasteiger partial charge in [0.2, 0.25) is 0 Å². The smallest absolute Gasteiger partial charge is 0.294 e. The summed E-state index contributed by atoms with van der Waals surface area (Å²) in [5, 5.41) is 13.5. The minimum absolute atomic E-state index is 0.142. The average Bonchev–Trinajstić information content (AvgIpc) is 2.44. The van der Waals surface area contributed by atoms with Crippen LogP contribution in [0.4, 0.5) is 11.4 Å². The quantitative estimate of drug-likeness (QED) is 0.407. The second-order valence-electron chi connectivity index (χ2n) is 4.78. The molecule has 1 rings (SSSR count). The van der Waals surface area contributed by atoms with Crippen LogP contribution in [0.25, 0.3) is 0 Å². The number of nitrogens with one attached hydrogen (secondary N) is 2. The van der Waals surface area contributed by atoms with Crippen LogP contribution in [0, 0.1) is 10.1 Å². The lowest BCUT2D eigenvalue weighted by molar-refractivity contribution is -0.384. The Morgan fingerprint density at radius 2 is 2.15 bits per heavy atom. The number of anilines is 1. The van der Waals surface area contributed by atoms with Crippen LogP contribution in [0.1, 0.15) is 24.2 Å². The van der Waals surface area contributed by atoms with Gasteiger partial charge in [0.15, 0.2) is 0 Å². The van der Waals surface area contributed by atoms with Gasteiger partial charge in [0.1, 0.15) is 5.69 Å². The third-order valence-corrected chi connectivity index (χ3v) is 2.84. The lowest BCUT2D eigenvalue weighted by atomic mass is 10.1. The number of amides is 1. The van der Waals surface area contributed by atoms with E-state index >= 15 is 0 Å². The van der Waals surface area contributed by atoms with Gasteiger partial charge in [-0.2, -0.15) is 0 Å². The molecule has 0 heterocycles. The number of ether oxygens (including phenoxy) is 1. The number of rotatable bonds is 6. The Bertz CT molecular complexity index is 516. The van der Waals surface area contributed by atoms with E-state index in [4.69, 9.17) is 10.6 Å². The number of hydrogen-bond donors (Lipinski definition) is 3. The van der Waals surface area contributed by atoms with Gasteiger partial charge in [0, 0.05) is 25.3 Å². The molecule has 0 aliphatic rings. The van der Waals surface area contributed by atoms with E-state index in [9.17, 15) is 14.9 Å². The van der Waals surface area contributed by atoms with Crippen LogP contribution in [0.15, 0.2) is 18.2 Å². The van der Waals surface area contributed by atoms with Crippen molar-refractivity contribution in [1.29, 1.82) is 0 Å². The zero-order valence-corrected chi connectivity index (χ0v) is 11.6. The van der Waals surface area contributed by atoms with E-state index in [1.807, 2.05) is 13.8 Å². The van der Waals surface area contributed by atoms with Crippen molar-refractivity contribution < 1.29 is 14.5 Å². The standard InChI is InChI=1S/C12H18N4O4/c1-12(2,20-3)7-14-11(17)8-4-5-9(15-13)10(6-8)16(18)19/h4-6,15H,7,13H2,1-3H3,(H,14,17). The molecule has 8 nitrogen and oxygen atoms in total. The van der Waals surface area contributed by atoms with Crippen molar-refractivity contribution in [2.75, 3.05) is 19.1 Å². The lowest BCUT2D eigenvalue weighted by Crippen LogP contribution is -2.39. The van der Waals surface area contributed by atoms with Crippen LogP contribution in [0.3, 0.4) is 0 Å². The van der Waals surface area contributed by atoms with Crippen molar-refractivity contribution in [2.24, 2.45) is 5.84 Å². The topological polar surface area (TPSA) is 120 Å². The molecule has 110 valence electrons. The number of hydrogen-bond acceptors (Lipinski definition) is 6. The summed E-state index contributed by atoms with van der Waals surface area (Å²) in [6.07, 6.45) is 0. The number of nitrogens with two attached hydrogens (primary N) is 1. The van der Waals surface area contributed by atoms with Crippen molar-refractivity contribution in [2.45, 2.75) is 19.4 Å². The molecular weight excluding hydrogens is 264 g/mol. The SMILES string of the molecule is COC(C)(C)CNC(=O)c1ccc(NN)c([N+](=O)[O-])c1. The zero-order chi connectivity index (χ0) is 15.3. The maximum Gasteiger partial charge on any atom is 0.294 e. The number of carbonyl (C=O) groups excluding carboxylic acids is 1. The fourth-order valence-corrected chi connectivity index (χ4v) is 1.41. The van der Waals surface area contributed by atoms with Crippen molar-refractivity contribution in [3.8, 4) is 0 Å². The molecule has 4 N–H and O–H groups in total. The van der Waals surface area contributed by atoms with Gasteiger partial charge in [0.25, 0.3) is 11.6 Å². The van der Waals surface area contributed by atoms with Crippen LogP contribution in [0.2, 0.25) is 0 Å². The summed E-state index contributed by atoms with van der Waals surface area (Å²) in [6, 6.07) is 4.01. The molecule has 1 aromatic carbocycles. The molecule has 0 aromatic heterocycles. The molecule has 0 aliphatic carbocycles. The first-order chi connectivity index (χ1) is 9.30. The van der Waals surface area contributed by atoms with E-state index in [0.29, 0.717) is 0 Å². The van der Waals surface area contributed by atoms with E-state index in [-0.39, 0.29) is 23.5 Å². The maximum atomic E-state index is 11.9. The van der Waals surface area contributed by atoms with Gasteiger partial charge in [-0.3, -0.25) is 20.8 Å². The van der Waals surface area contributed by atoms with Crippen molar-refractivity contribution in [3.05, 3.63) is 33.9 Å². The van der Waals surface area contributed by atoms with Gasteiger partial charge < -0.3 is 15.5 Å². The molecule has 1 amide bonds. The molecular formula is C12H18N4O4. The van der Waals surface area contributed by atoms with E-state index in [2.05, 4.69) is 10.7 Å². The highest BCUT2D eigenvalue weighted by Gasteiger charge is 2.20. The third kappa shape index (κ3) is 3.90.